The van der Waals surface area contributed by atoms with Gasteiger partial charge >= 0.3 is 0 Å². The molecule has 2 nitrogen and oxygen atoms in total. The van der Waals surface area contributed by atoms with Crippen LogP contribution < -0.4 is 0 Å². The Morgan fingerprint density at radius 3 is 1.96 bits per heavy atom. The zero-order valence-corrected chi connectivity index (χ0v) is 18.2. The second-order valence-electron chi connectivity index (χ2n) is 11.3. The third kappa shape index (κ3) is 7.99. The molecule has 2 aliphatic rings. The monoisotopic (exact) mass is 350 g/mol. The average molecular weight is 351 g/mol. The largest absolute Gasteiger partial charge is 0.301 e. The van der Waals surface area contributed by atoms with Crippen molar-refractivity contribution >= 4 is 0 Å². The number of hydrogen-bond donors (Lipinski definition) is 0. The van der Waals surface area contributed by atoms with E-state index in [9.17, 15) is 0 Å². The van der Waals surface area contributed by atoms with Gasteiger partial charge in [-0.25, -0.2) is 0 Å². The minimum Gasteiger partial charge on any atom is -0.301 e. The fourth-order valence-corrected chi connectivity index (χ4v) is 4.78. The van der Waals surface area contributed by atoms with Gasteiger partial charge in [-0.3, -0.25) is 4.90 Å². The van der Waals surface area contributed by atoms with Gasteiger partial charge in [-0.05, 0) is 74.9 Å². The summed E-state index contributed by atoms with van der Waals surface area (Å²) in [7, 11) is 0. The lowest BCUT2D eigenvalue weighted by atomic mass is 9.89. The maximum Gasteiger partial charge on any atom is 0.0263 e. The van der Waals surface area contributed by atoms with E-state index in [0.29, 0.717) is 10.8 Å². The molecular weight excluding hydrogens is 304 g/mol. The quantitative estimate of drug-likeness (QED) is 0.509. The van der Waals surface area contributed by atoms with Crippen LogP contribution in [-0.2, 0) is 0 Å². The molecule has 2 aliphatic heterocycles. The van der Waals surface area contributed by atoms with Crippen molar-refractivity contribution in [2.45, 2.75) is 99.0 Å². The number of nitrogens with zero attached hydrogens (tertiary/aromatic N) is 2. The smallest absolute Gasteiger partial charge is 0.0263 e. The zero-order valence-electron chi connectivity index (χ0n) is 18.2. The first-order chi connectivity index (χ1) is 11.6. The van der Waals surface area contributed by atoms with Gasteiger partial charge in [-0.1, -0.05) is 54.4 Å². The van der Waals surface area contributed by atoms with E-state index in [1.807, 2.05) is 0 Å². The molecule has 2 saturated heterocycles. The van der Waals surface area contributed by atoms with Crippen LogP contribution in [0, 0.1) is 16.7 Å². The number of unbranched alkanes of at least 4 members (excludes halogenated alkanes) is 2. The molecule has 0 spiro atoms. The van der Waals surface area contributed by atoms with Gasteiger partial charge in [0, 0.05) is 19.1 Å². The van der Waals surface area contributed by atoms with Crippen LogP contribution in [0.1, 0.15) is 92.9 Å². The molecule has 0 radical (unpaired) electrons. The standard InChI is InChI=1S/C23H46N2/c1-22(2,3)13-7-9-15-24-18-20-12-11-17-25(21(20)19-24)16-10-8-14-23(4,5)6/h20-21H,7-19H2,1-6H3. The van der Waals surface area contributed by atoms with Crippen molar-refractivity contribution in [3.05, 3.63) is 0 Å². The van der Waals surface area contributed by atoms with Gasteiger partial charge in [0.15, 0.2) is 0 Å². The minimum absolute atomic E-state index is 0.502. The Hall–Kier alpha value is -0.0800. The number of piperidine rings is 1. The Morgan fingerprint density at radius 1 is 0.760 bits per heavy atom. The van der Waals surface area contributed by atoms with E-state index >= 15 is 0 Å². The van der Waals surface area contributed by atoms with Crippen molar-refractivity contribution in [1.82, 2.24) is 9.80 Å². The van der Waals surface area contributed by atoms with Crippen LogP contribution in [0.15, 0.2) is 0 Å². The van der Waals surface area contributed by atoms with Gasteiger partial charge in [0.2, 0.25) is 0 Å². The molecule has 0 bridgehead atoms. The van der Waals surface area contributed by atoms with E-state index in [-0.39, 0.29) is 0 Å². The molecule has 2 fully saturated rings. The first-order valence-corrected chi connectivity index (χ1v) is 11.1. The van der Waals surface area contributed by atoms with E-state index in [2.05, 4.69) is 51.3 Å². The predicted octanol–water partition coefficient (Wildman–Crippen LogP) is 5.82. The van der Waals surface area contributed by atoms with Crippen LogP contribution in [0.3, 0.4) is 0 Å². The molecule has 0 aromatic carbocycles. The SMILES string of the molecule is CC(C)(C)CCCCN1CC2CCCN(CCCCC(C)(C)C)C2C1. The van der Waals surface area contributed by atoms with Crippen molar-refractivity contribution in [3.8, 4) is 0 Å². The van der Waals surface area contributed by atoms with Crippen molar-refractivity contribution in [2.24, 2.45) is 16.7 Å². The molecule has 2 heteroatoms. The molecule has 2 rings (SSSR count). The van der Waals surface area contributed by atoms with Gasteiger partial charge in [-0.2, -0.15) is 0 Å². The van der Waals surface area contributed by atoms with E-state index in [0.717, 1.165) is 12.0 Å². The summed E-state index contributed by atoms with van der Waals surface area (Å²) in [6.07, 6.45) is 11.2. The molecular formula is C23H46N2. The van der Waals surface area contributed by atoms with E-state index in [1.54, 1.807) is 0 Å². The molecule has 0 aromatic rings. The zero-order chi connectivity index (χ0) is 18.5. The summed E-state index contributed by atoms with van der Waals surface area (Å²) < 4.78 is 0. The van der Waals surface area contributed by atoms with Gasteiger partial charge in [0.1, 0.15) is 0 Å². The molecule has 25 heavy (non-hydrogen) atoms. The molecule has 0 aromatic heterocycles. The summed E-state index contributed by atoms with van der Waals surface area (Å²) in [6.45, 7) is 21.0. The summed E-state index contributed by atoms with van der Waals surface area (Å²) in [5.41, 5.74) is 1.00. The van der Waals surface area contributed by atoms with Crippen molar-refractivity contribution in [3.63, 3.8) is 0 Å². The second-order valence-corrected chi connectivity index (χ2v) is 11.3. The molecule has 0 saturated carbocycles. The third-order valence-corrected chi connectivity index (χ3v) is 6.24. The fourth-order valence-electron chi connectivity index (χ4n) is 4.78. The normalized spacial score (nSPS) is 26.2. The van der Waals surface area contributed by atoms with Gasteiger partial charge < -0.3 is 4.90 Å². The summed E-state index contributed by atoms with van der Waals surface area (Å²) in [5.74, 6) is 0.957. The van der Waals surface area contributed by atoms with Crippen LogP contribution in [0.25, 0.3) is 0 Å². The number of likely N-dealkylation sites (tertiary alicyclic amines) is 2. The van der Waals surface area contributed by atoms with E-state index in [4.69, 9.17) is 0 Å². The Kier molecular flexibility index (Phi) is 7.83. The summed E-state index contributed by atoms with van der Waals surface area (Å²) >= 11 is 0. The highest BCUT2D eigenvalue weighted by molar-refractivity contribution is 4.93. The van der Waals surface area contributed by atoms with Gasteiger partial charge in [0.05, 0.1) is 0 Å². The molecule has 2 atom stereocenters. The van der Waals surface area contributed by atoms with Crippen LogP contribution in [-0.4, -0.2) is 48.6 Å². The highest BCUT2D eigenvalue weighted by atomic mass is 15.3. The topological polar surface area (TPSA) is 6.48 Å². The molecule has 2 unspecified atom stereocenters. The summed E-state index contributed by atoms with van der Waals surface area (Å²) in [5, 5.41) is 0. The lowest BCUT2D eigenvalue weighted by Gasteiger charge is -2.37. The molecule has 148 valence electrons. The average Bonchev–Trinajstić information content (AvgIpc) is 2.90. The van der Waals surface area contributed by atoms with E-state index in [1.165, 1.54) is 84.1 Å². The van der Waals surface area contributed by atoms with Crippen LogP contribution in [0.4, 0.5) is 0 Å². The highest BCUT2D eigenvalue weighted by Gasteiger charge is 2.38. The van der Waals surface area contributed by atoms with Gasteiger partial charge in [-0.15, -0.1) is 0 Å². The summed E-state index contributed by atoms with van der Waals surface area (Å²) in [6, 6.07) is 0.867. The van der Waals surface area contributed by atoms with Crippen molar-refractivity contribution < 1.29 is 0 Å². The van der Waals surface area contributed by atoms with E-state index < -0.39 is 0 Å². The van der Waals surface area contributed by atoms with Gasteiger partial charge in [0.25, 0.3) is 0 Å². The number of hydrogen-bond acceptors (Lipinski definition) is 2. The Morgan fingerprint density at radius 2 is 1.36 bits per heavy atom. The Balaban J connectivity index is 1.68. The van der Waals surface area contributed by atoms with Crippen LogP contribution in [0.2, 0.25) is 0 Å². The van der Waals surface area contributed by atoms with Crippen molar-refractivity contribution in [1.29, 1.82) is 0 Å². The fraction of sp³-hybridized carbons (Fsp3) is 1.00. The maximum absolute atomic E-state index is 2.85. The molecule has 0 amide bonds. The minimum atomic E-state index is 0.502. The maximum atomic E-state index is 2.85. The molecule has 0 aliphatic carbocycles. The molecule has 0 N–H and O–H groups in total. The van der Waals surface area contributed by atoms with Crippen LogP contribution >= 0.6 is 0 Å². The summed E-state index contributed by atoms with van der Waals surface area (Å²) in [4.78, 5) is 5.64. The first kappa shape index (κ1) is 21.2. The lowest BCUT2D eigenvalue weighted by molar-refractivity contribution is 0.120. The Bertz CT molecular complexity index is 377. The first-order valence-electron chi connectivity index (χ1n) is 11.1. The molecule has 2 heterocycles. The number of rotatable bonds is 8. The Labute approximate surface area is 158 Å². The van der Waals surface area contributed by atoms with Crippen LogP contribution in [0.5, 0.6) is 0 Å². The lowest BCUT2D eigenvalue weighted by Crippen LogP contribution is -2.45. The third-order valence-electron chi connectivity index (χ3n) is 6.24. The highest BCUT2D eigenvalue weighted by Crippen LogP contribution is 2.31. The van der Waals surface area contributed by atoms with Crippen molar-refractivity contribution in [2.75, 3.05) is 32.7 Å². The number of fused-ring (bicyclic) bond motifs is 1. The second kappa shape index (κ2) is 9.22. The predicted molar refractivity (Wildman–Crippen MR) is 111 cm³/mol.